The number of nitriles is 1. The van der Waals surface area contributed by atoms with Crippen molar-refractivity contribution in [3.8, 4) is 6.07 Å². The van der Waals surface area contributed by atoms with Crippen LogP contribution in [-0.4, -0.2) is 12.1 Å². The average Bonchev–Trinajstić information content (AvgIpc) is 2.02. The van der Waals surface area contributed by atoms with E-state index in [1.807, 2.05) is 6.92 Å². The van der Waals surface area contributed by atoms with E-state index in [0.29, 0.717) is 11.5 Å². The highest BCUT2D eigenvalue weighted by atomic mass is 14.9. The van der Waals surface area contributed by atoms with Gasteiger partial charge in [0.2, 0.25) is 0 Å². The van der Waals surface area contributed by atoms with E-state index in [4.69, 9.17) is 5.26 Å². The summed E-state index contributed by atoms with van der Waals surface area (Å²) in [7, 11) is 0. The summed E-state index contributed by atoms with van der Waals surface area (Å²) in [6.45, 7) is 6.57. The Balaban J connectivity index is 2.40. The Morgan fingerprint density at radius 2 is 2.23 bits per heavy atom. The van der Waals surface area contributed by atoms with Gasteiger partial charge in [-0.2, -0.15) is 5.26 Å². The van der Waals surface area contributed by atoms with Crippen LogP contribution >= 0.6 is 0 Å². The van der Waals surface area contributed by atoms with E-state index in [-0.39, 0.29) is 6.04 Å². The van der Waals surface area contributed by atoms with Crippen molar-refractivity contribution >= 4 is 0 Å². The maximum Gasteiger partial charge on any atom is 0.0926 e. The third kappa shape index (κ3) is 3.36. The van der Waals surface area contributed by atoms with Gasteiger partial charge in [-0.15, -0.1) is 0 Å². The Bertz CT molecular complexity index is 203. The van der Waals surface area contributed by atoms with Crippen LogP contribution in [0.4, 0.5) is 0 Å². The van der Waals surface area contributed by atoms with Crippen molar-refractivity contribution in [3.63, 3.8) is 0 Å². The fourth-order valence-electron chi connectivity index (χ4n) is 2.23. The highest BCUT2D eigenvalue weighted by molar-refractivity contribution is 4.91. The van der Waals surface area contributed by atoms with Crippen molar-refractivity contribution in [2.45, 2.75) is 58.5 Å². The van der Waals surface area contributed by atoms with Gasteiger partial charge in [0.1, 0.15) is 0 Å². The first kappa shape index (κ1) is 10.5. The number of nitrogens with one attached hydrogen (secondary N) is 1. The molecule has 0 bridgehead atoms. The molecule has 1 N–H and O–H groups in total. The van der Waals surface area contributed by atoms with Gasteiger partial charge < -0.3 is 0 Å². The molecule has 0 radical (unpaired) electrons. The van der Waals surface area contributed by atoms with Crippen molar-refractivity contribution in [1.29, 1.82) is 5.26 Å². The van der Waals surface area contributed by atoms with Crippen LogP contribution in [0.3, 0.4) is 0 Å². The molecule has 2 unspecified atom stereocenters. The summed E-state index contributed by atoms with van der Waals surface area (Å²) in [5.74, 6) is 0. The van der Waals surface area contributed by atoms with Gasteiger partial charge in [-0.05, 0) is 31.6 Å². The molecule has 1 aliphatic carbocycles. The lowest BCUT2D eigenvalue weighted by atomic mass is 9.75. The molecule has 0 aromatic heterocycles. The number of hydrogen-bond acceptors (Lipinski definition) is 2. The SMILES string of the molecule is CC(C#N)NC1CCCC(C)(C)C1. The van der Waals surface area contributed by atoms with E-state index < -0.39 is 0 Å². The zero-order valence-corrected chi connectivity index (χ0v) is 8.93. The average molecular weight is 180 g/mol. The third-order valence-corrected chi connectivity index (χ3v) is 2.88. The summed E-state index contributed by atoms with van der Waals surface area (Å²) in [6, 6.07) is 2.78. The Kier molecular flexibility index (Phi) is 3.33. The normalized spacial score (nSPS) is 29.2. The molecule has 0 aromatic rings. The molecule has 2 heteroatoms. The van der Waals surface area contributed by atoms with Crippen molar-refractivity contribution in [2.75, 3.05) is 0 Å². The topological polar surface area (TPSA) is 35.8 Å². The quantitative estimate of drug-likeness (QED) is 0.708. The minimum Gasteiger partial charge on any atom is -0.299 e. The van der Waals surface area contributed by atoms with Gasteiger partial charge in [-0.1, -0.05) is 20.3 Å². The Labute approximate surface area is 81.3 Å². The third-order valence-electron chi connectivity index (χ3n) is 2.88. The van der Waals surface area contributed by atoms with Crippen LogP contribution in [0.15, 0.2) is 0 Å². The molecule has 0 aromatic carbocycles. The second-order valence-electron chi connectivity index (χ2n) is 4.97. The summed E-state index contributed by atoms with van der Waals surface area (Å²) in [5.41, 5.74) is 0.463. The smallest absolute Gasteiger partial charge is 0.0926 e. The van der Waals surface area contributed by atoms with Crippen LogP contribution in [0.1, 0.15) is 46.5 Å². The highest BCUT2D eigenvalue weighted by Gasteiger charge is 2.28. The maximum atomic E-state index is 8.68. The minimum absolute atomic E-state index is 0.00102. The van der Waals surface area contributed by atoms with E-state index in [1.165, 1.54) is 25.7 Å². The molecule has 1 fully saturated rings. The lowest BCUT2D eigenvalue weighted by Crippen LogP contribution is -2.41. The van der Waals surface area contributed by atoms with E-state index in [2.05, 4.69) is 25.2 Å². The van der Waals surface area contributed by atoms with E-state index in [0.717, 1.165) is 0 Å². The van der Waals surface area contributed by atoms with Gasteiger partial charge in [-0.25, -0.2) is 0 Å². The molecule has 2 nitrogen and oxygen atoms in total. The lowest BCUT2D eigenvalue weighted by Gasteiger charge is -2.36. The molecule has 0 spiro atoms. The van der Waals surface area contributed by atoms with Gasteiger partial charge in [0.25, 0.3) is 0 Å². The van der Waals surface area contributed by atoms with Crippen LogP contribution in [0.2, 0.25) is 0 Å². The van der Waals surface area contributed by atoms with Crippen LogP contribution in [0, 0.1) is 16.7 Å². The molecule has 74 valence electrons. The molecule has 0 amide bonds. The van der Waals surface area contributed by atoms with Gasteiger partial charge in [-0.3, -0.25) is 5.32 Å². The van der Waals surface area contributed by atoms with Crippen LogP contribution in [-0.2, 0) is 0 Å². The maximum absolute atomic E-state index is 8.68. The number of hydrogen-bond donors (Lipinski definition) is 1. The molecular weight excluding hydrogens is 160 g/mol. The first-order valence-corrected chi connectivity index (χ1v) is 5.19. The fraction of sp³-hybridized carbons (Fsp3) is 0.909. The largest absolute Gasteiger partial charge is 0.299 e. The van der Waals surface area contributed by atoms with E-state index in [9.17, 15) is 0 Å². The summed E-state index contributed by atoms with van der Waals surface area (Å²) < 4.78 is 0. The zero-order valence-electron chi connectivity index (χ0n) is 8.93. The number of rotatable bonds is 2. The summed E-state index contributed by atoms with van der Waals surface area (Å²) in [5, 5.41) is 12.0. The highest BCUT2D eigenvalue weighted by Crippen LogP contribution is 2.35. The Morgan fingerprint density at radius 3 is 2.77 bits per heavy atom. The summed E-state index contributed by atoms with van der Waals surface area (Å²) in [4.78, 5) is 0. The lowest BCUT2D eigenvalue weighted by molar-refractivity contribution is 0.195. The monoisotopic (exact) mass is 180 g/mol. The van der Waals surface area contributed by atoms with Gasteiger partial charge in [0, 0.05) is 6.04 Å². The van der Waals surface area contributed by atoms with E-state index >= 15 is 0 Å². The minimum atomic E-state index is -0.00102. The predicted octanol–water partition coefficient (Wildman–Crippen LogP) is 2.46. The number of nitrogens with zero attached hydrogens (tertiary/aromatic N) is 1. The van der Waals surface area contributed by atoms with Crippen molar-refractivity contribution < 1.29 is 0 Å². The molecular formula is C11H20N2. The molecule has 1 aliphatic rings. The molecule has 0 heterocycles. The molecule has 1 saturated carbocycles. The van der Waals surface area contributed by atoms with Crippen LogP contribution in [0.5, 0.6) is 0 Å². The van der Waals surface area contributed by atoms with Crippen molar-refractivity contribution in [2.24, 2.45) is 5.41 Å². The van der Waals surface area contributed by atoms with Gasteiger partial charge in [0.05, 0.1) is 12.1 Å². The van der Waals surface area contributed by atoms with E-state index in [1.54, 1.807) is 0 Å². The second kappa shape index (κ2) is 4.11. The molecule has 0 aliphatic heterocycles. The van der Waals surface area contributed by atoms with Crippen molar-refractivity contribution in [1.82, 2.24) is 5.32 Å². The van der Waals surface area contributed by atoms with Crippen molar-refractivity contribution in [3.05, 3.63) is 0 Å². The summed E-state index contributed by atoms with van der Waals surface area (Å²) >= 11 is 0. The van der Waals surface area contributed by atoms with Crippen LogP contribution in [0.25, 0.3) is 0 Å². The fourth-order valence-corrected chi connectivity index (χ4v) is 2.23. The summed E-state index contributed by atoms with van der Waals surface area (Å²) in [6.07, 6.45) is 5.06. The molecule has 2 atom stereocenters. The predicted molar refractivity (Wildman–Crippen MR) is 54.2 cm³/mol. The second-order valence-corrected chi connectivity index (χ2v) is 4.97. The first-order valence-electron chi connectivity index (χ1n) is 5.19. The van der Waals surface area contributed by atoms with Crippen LogP contribution < -0.4 is 5.32 Å². The molecule has 13 heavy (non-hydrogen) atoms. The van der Waals surface area contributed by atoms with Gasteiger partial charge >= 0.3 is 0 Å². The Morgan fingerprint density at radius 1 is 1.54 bits per heavy atom. The Hall–Kier alpha value is -0.550. The first-order chi connectivity index (χ1) is 6.03. The molecule has 0 saturated heterocycles. The molecule has 1 rings (SSSR count). The standard InChI is InChI=1S/C11H20N2/c1-9(8-12)13-10-5-4-6-11(2,3)7-10/h9-10,13H,4-7H2,1-3H3. The zero-order chi connectivity index (χ0) is 9.90. The van der Waals surface area contributed by atoms with Gasteiger partial charge in [0.15, 0.2) is 0 Å².